The number of anilines is 1. The van der Waals surface area contributed by atoms with Crippen molar-refractivity contribution in [3.8, 4) is 5.75 Å². The van der Waals surface area contributed by atoms with E-state index in [4.69, 9.17) is 4.42 Å². The van der Waals surface area contributed by atoms with Crippen LogP contribution in [0.1, 0.15) is 11.3 Å². The van der Waals surface area contributed by atoms with Crippen molar-refractivity contribution in [3.05, 3.63) is 90.0 Å². The quantitative estimate of drug-likeness (QED) is 0.583. The molecule has 158 valence electrons. The molecule has 31 heavy (non-hydrogen) atoms. The van der Waals surface area contributed by atoms with E-state index in [2.05, 4.69) is 10.1 Å². The fourth-order valence-corrected chi connectivity index (χ4v) is 3.18. The van der Waals surface area contributed by atoms with Crippen LogP contribution in [-0.2, 0) is 16.1 Å². The molecule has 4 rings (SSSR count). The Balaban J connectivity index is 1.70. The zero-order chi connectivity index (χ0) is 22.0. The van der Waals surface area contributed by atoms with Gasteiger partial charge in [-0.05, 0) is 29.8 Å². The molecule has 3 aromatic rings. The van der Waals surface area contributed by atoms with E-state index < -0.39 is 23.9 Å². The average molecular weight is 428 g/mol. The first kappa shape index (κ1) is 20.3. The van der Waals surface area contributed by atoms with E-state index >= 15 is 0 Å². The first-order chi connectivity index (χ1) is 14.8. The molecule has 0 unspecified atom stereocenters. The molecule has 1 aliphatic heterocycles. The number of hydrogen-bond acceptors (Lipinski definition) is 5. The number of imide groups is 1. The first-order valence-corrected chi connectivity index (χ1v) is 9.13. The SMILES string of the molecule is O=C1C(Nc2cccc(OC(F)(F)F)c2)=C(c2ccccc2)C(=O)N1Cc1ccco1. The standard InChI is InChI=1S/C22H15F3N2O4/c23-22(24,25)31-16-9-4-8-15(12-16)26-19-18(14-6-2-1-3-7-14)20(28)27(21(19)29)13-17-10-5-11-30-17/h1-12,26H,13H2. The smallest absolute Gasteiger partial charge is 0.467 e. The molecule has 1 N–H and O–H groups in total. The lowest BCUT2D eigenvalue weighted by molar-refractivity contribution is -0.274. The van der Waals surface area contributed by atoms with E-state index in [0.29, 0.717) is 11.3 Å². The monoisotopic (exact) mass is 428 g/mol. The summed E-state index contributed by atoms with van der Waals surface area (Å²) in [5.74, 6) is -1.21. The number of nitrogens with one attached hydrogen (secondary N) is 1. The fourth-order valence-electron chi connectivity index (χ4n) is 3.18. The highest BCUT2D eigenvalue weighted by Gasteiger charge is 2.39. The maximum Gasteiger partial charge on any atom is 0.573 e. The van der Waals surface area contributed by atoms with Crippen LogP contribution in [0, 0.1) is 0 Å². The Morgan fingerprint density at radius 1 is 0.935 bits per heavy atom. The van der Waals surface area contributed by atoms with Gasteiger partial charge in [-0.2, -0.15) is 0 Å². The number of hydrogen-bond donors (Lipinski definition) is 1. The van der Waals surface area contributed by atoms with Crippen molar-refractivity contribution in [1.82, 2.24) is 4.90 Å². The third-order valence-electron chi connectivity index (χ3n) is 4.46. The third-order valence-corrected chi connectivity index (χ3v) is 4.46. The van der Waals surface area contributed by atoms with Crippen LogP contribution in [0.2, 0.25) is 0 Å². The third kappa shape index (κ3) is 4.45. The number of benzene rings is 2. The van der Waals surface area contributed by atoms with E-state index in [-0.39, 0.29) is 23.5 Å². The molecule has 0 fully saturated rings. The molecule has 0 aliphatic carbocycles. The molecular formula is C22H15F3N2O4. The summed E-state index contributed by atoms with van der Waals surface area (Å²) in [7, 11) is 0. The van der Waals surface area contributed by atoms with Gasteiger partial charge in [0.25, 0.3) is 11.8 Å². The summed E-state index contributed by atoms with van der Waals surface area (Å²) in [5, 5.41) is 2.80. The summed E-state index contributed by atoms with van der Waals surface area (Å²) in [6.07, 6.45) is -3.43. The van der Waals surface area contributed by atoms with Crippen molar-refractivity contribution in [2.24, 2.45) is 0 Å². The van der Waals surface area contributed by atoms with Gasteiger partial charge in [0, 0.05) is 11.8 Å². The Kier molecular flexibility index (Phi) is 5.24. The average Bonchev–Trinajstić information content (AvgIpc) is 3.31. The Bertz CT molecular complexity index is 1140. The molecule has 2 amide bonds. The van der Waals surface area contributed by atoms with Crippen LogP contribution in [0.5, 0.6) is 5.75 Å². The minimum absolute atomic E-state index is 0.0492. The van der Waals surface area contributed by atoms with E-state index in [1.54, 1.807) is 42.5 Å². The number of nitrogens with zero attached hydrogens (tertiary/aromatic N) is 1. The topological polar surface area (TPSA) is 71.8 Å². The fraction of sp³-hybridized carbons (Fsp3) is 0.0909. The molecule has 0 atom stereocenters. The highest BCUT2D eigenvalue weighted by Crippen LogP contribution is 2.32. The second-order valence-electron chi connectivity index (χ2n) is 6.59. The minimum atomic E-state index is -4.86. The maximum absolute atomic E-state index is 13.1. The van der Waals surface area contributed by atoms with Gasteiger partial charge in [0.2, 0.25) is 0 Å². The molecule has 9 heteroatoms. The summed E-state index contributed by atoms with van der Waals surface area (Å²) in [6.45, 7) is -0.0800. The second kappa shape index (κ2) is 8.02. The number of carbonyl (C=O) groups is 2. The summed E-state index contributed by atoms with van der Waals surface area (Å²) >= 11 is 0. The molecule has 0 bridgehead atoms. The van der Waals surface area contributed by atoms with Crippen LogP contribution < -0.4 is 10.1 Å². The molecule has 1 aromatic heterocycles. The summed E-state index contributed by atoms with van der Waals surface area (Å²) in [4.78, 5) is 27.2. The summed E-state index contributed by atoms with van der Waals surface area (Å²) in [5.41, 5.74) is 0.713. The van der Waals surface area contributed by atoms with Crippen molar-refractivity contribution in [3.63, 3.8) is 0 Å². The number of furan rings is 1. The lowest BCUT2D eigenvalue weighted by Gasteiger charge is -2.14. The van der Waals surface area contributed by atoms with Gasteiger partial charge < -0.3 is 14.5 Å². The van der Waals surface area contributed by atoms with Gasteiger partial charge in [-0.1, -0.05) is 36.4 Å². The van der Waals surface area contributed by atoms with Crippen LogP contribution in [0.3, 0.4) is 0 Å². The van der Waals surface area contributed by atoms with Crippen molar-refractivity contribution < 1.29 is 31.9 Å². The Labute approximate surface area is 174 Å². The number of ether oxygens (including phenoxy) is 1. The Morgan fingerprint density at radius 3 is 2.39 bits per heavy atom. The predicted octanol–water partition coefficient (Wildman–Crippen LogP) is 4.57. The van der Waals surface area contributed by atoms with E-state index in [0.717, 1.165) is 17.0 Å². The van der Waals surface area contributed by atoms with Gasteiger partial charge in [0.1, 0.15) is 17.2 Å². The van der Waals surface area contributed by atoms with Crippen LogP contribution in [0.15, 0.2) is 83.1 Å². The molecule has 0 spiro atoms. The van der Waals surface area contributed by atoms with Gasteiger partial charge in [-0.25, -0.2) is 0 Å². The van der Waals surface area contributed by atoms with E-state index in [1.165, 1.54) is 18.4 Å². The molecule has 2 heterocycles. The van der Waals surface area contributed by atoms with Crippen molar-refractivity contribution >= 4 is 23.1 Å². The van der Waals surface area contributed by atoms with Crippen molar-refractivity contribution in [2.75, 3.05) is 5.32 Å². The molecule has 2 aromatic carbocycles. The molecular weight excluding hydrogens is 413 g/mol. The van der Waals surface area contributed by atoms with Crippen LogP contribution in [0.25, 0.3) is 5.57 Å². The lowest BCUT2D eigenvalue weighted by atomic mass is 10.0. The Hall–Kier alpha value is -4.01. The lowest BCUT2D eigenvalue weighted by Crippen LogP contribution is -2.31. The van der Waals surface area contributed by atoms with Crippen LogP contribution in [-0.4, -0.2) is 23.1 Å². The van der Waals surface area contributed by atoms with Crippen molar-refractivity contribution in [1.29, 1.82) is 0 Å². The summed E-state index contributed by atoms with van der Waals surface area (Å²) < 4.78 is 46.8. The van der Waals surface area contributed by atoms with Gasteiger partial charge >= 0.3 is 6.36 Å². The van der Waals surface area contributed by atoms with Gasteiger partial charge in [0.15, 0.2) is 0 Å². The normalized spacial score (nSPS) is 14.4. The maximum atomic E-state index is 13.1. The highest BCUT2D eigenvalue weighted by molar-refractivity contribution is 6.36. The molecule has 1 aliphatic rings. The largest absolute Gasteiger partial charge is 0.573 e. The second-order valence-corrected chi connectivity index (χ2v) is 6.59. The number of halogens is 3. The summed E-state index contributed by atoms with van der Waals surface area (Å²) in [6, 6.07) is 16.8. The zero-order valence-corrected chi connectivity index (χ0v) is 15.8. The predicted molar refractivity (Wildman–Crippen MR) is 104 cm³/mol. The molecule has 6 nitrogen and oxygen atoms in total. The molecule has 0 saturated carbocycles. The Morgan fingerprint density at radius 2 is 1.71 bits per heavy atom. The minimum Gasteiger partial charge on any atom is -0.467 e. The van der Waals surface area contributed by atoms with E-state index in [9.17, 15) is 22.8 Å². The van der Waals surface area contributed by atoms with Gasteiger partial charge in [-0.3, -0.25) is 14.5 Å². The van der Waals surface area contributed by atoms with Crippen molar-refractivity contribution in [2.45, 2.75) is 12.9 Å². The van der Waals surface area contributed by atoms with Gasteiger partial charge in [-0.15, -0.1) is 13.2 Å². The number of alkyl halides is 3. The number of amides is 2. The first-order valence-electron chi connectivity index (χ1n) is 9.13. The number of rotatable bonds is 6. The van der Waals surface area contributed by atoms with Gasteiger partial charge in [0.05, 0.1) is 18.4 Å². The number of carbonyl (C=O) groups excluding carboxylic acids is 2. The molecule has 0 saturated heterocycles. The van der Waals surface area contributed by atoms with Crippen LogP contribution in [0.4, 0.5) is 18.9 Å². The molecule has 0 radical (unpaired) electrons. The van der Waals surface area contributed by atoms with Crippen LogP contribution >= 0.6 is 0 Å². The van der Waals surface area contributed by atoms with E-state index in [1.807, 2.05) is 0 Å². The highest BCUT2D eigenvalue weighted by atomic mass is 19.4. The zero-order valence-electron chi connectivity index (χ0n) is 15.8.